The van der Waals surface area contributed by atoms with Crippen LogP contribution in [0, 0.1) is 5.92 Å². The lowest BCUT2D eigenvalue weighted by atomic mass is 10.1. The third-order valence-electron chi connectivity index (χ3n) is 3.06. The molecule has 0 radical (unpaired) electrons. The van der Waals surface area contributed by atoms with Crippen LogP contribution in [-0.2, 0) is 0 Å². The Morgan fingerprint density at radius 1 is 1.53 bits per heavy atom. The second-order valence-corrected chi connectivity index (χ2v) is 5.79. The van der Waals surface area contributed by atoms with Gasteiger partial charge < -0.3 is 5.32 Å². The second kappa shape index (κ2) is 5.83. The van der Waals surface area contributed by atoms with Gasteiger partial charge in [-0.1, -0.05) is 6.42 Å². The molecule has 1 aliphatic carbocycles. The molecule has 2 atom stereocenters. The van der Waals surface area contributed by atoms with E-state index in [1.54, 1.807) is 18.5 Å². The quantitative estimate of drug-likeness (QED) is 0.871. The number of nitrogens with zero attached hydrogens (tertiary/aromatic N) is 1. The molecule has 92 valence electrons. The zero-order valence-electron chi connectivity index (χ0n) is 9.33. The molecule has 0 bridgehead atoms. The van der Waals surface area contributed by atoms with Gasteiger partial charge in [0.05, 0.1) is 5.56 Å². The van der Waals surface area contributed by atoms with E-state index >= 15 is 0 Å². The Morgan fingerprint density at radius 3 is 3.00 bits per heavy atom. The molecular weight excluding hydrogens is 304 g/mol. The molecule has 0 spiro atoms. The molecule has 1 fully saturated rings. The van der Waals surface area contributed by atoms with Crippen LogP contribution < -0.4 is 5.32 Å². The molecule has 1 heterocycles. The Bertz CT molecular complexity index is 413. The largest absolute Gasteiger partial charge is 0.352 e. The number of carbonyl (C=O) groups is 1. The molecule has 2 rings (SSSR count). The van der Waals surface area contributed by atoms with E-state index in [1.165, 1.54) is 0 Å². The summed E-state index contributed by atoms with van der Waals surface area (Å²) in [5.41, 5.74) is 0.573. The van der Waals surface area contributed by atoms with E-state index in [0.717, 1.165) is 23.7 Å². The van der Waals surface area contributed by atoms with Crippen LogP contribution in [0.25, 0.3) is 0 Å². The summed E-state index contributed by atoms with van der Waals surface area (Å²) in [6, 6.07) is 1.76. The van der Waals surface area contributed by atoms with Crippen molar-refractivity contribution >= 4 is 33.4 Å². The topological polar surface area (TPSA) is 42.0 Å². The van der Waals surface area contributed by atoms with Crippen LogP contribution in [0.2, 0.25) is 0 Å². The summed E-state index contributed by atoms with van der Waals surface area (Å²) in [6.45, 7) is 0.652. The fraction of sp³-hybridized carbons (Fsp3) is 0.500. The first-order chi connectivity index (χ1) is 8.16. The van der Waals surface area contributed by atoms with Crippen LogP contribution in [0.3, 0.4) is 0 Å². The van der Waals surface area contributed by atoms with Crippen LogP contribution in [0.15, 0.2) is 22.9 Å². The molecule has 1 aromatic heterocycles. The van der Waals surface area contributed by atoms with Gasteiger partial charge in [0.1, 0.15) is 0 Å². The molecule has 0 saturated heterocycles. The van der Waals surface area contributed by atoms with Gasteiger partial charge >= 0.3 is 0 Å². The molecule has 17 heavy (non-hydrogen) atoms. The van der Waals surface area contributed by atoms with E-state index in [9.17, 15) is 4.79 Å². The Balaban J connectivity index is 1.89. The molecule has 1 aliphatic rings. The summed E-state index contributed by atoms with van der Waals surface area (Å²) < 4.78 is 0.807. The fourth-order valence-corrected chi connectivity index (χ4v) is 2.82. The first-order valence-electron chi connectivity index (χ1n) is 5.69. The van der Waals surface area contributed by atoms with Crippen molar-refractivity contribution < 1.29 is 4.79 Å². The molecule has 1 saturated carbocycles. The van der Waals surface area contributed by atoms with Crippen molar-refractivity contribution in [2.24, 2.45) is 5.92 Å². The maximum Gasteiger partial charge on any atom is 0.252 e. The predicted octanol–water partition coefficient (Wildman–Crippen LogP) is 2.98. The minimum absolute atomic E-state index is 0.0884. The molecular formula is C12H14BrClN2O. The van der Waals surface area contributed by atoms with E-state index in [-0.39, 0.29) is 11.3 Å². The van der Waals surface area contributed by atoms with Gasteiger partial charge in [-0.25, -0.2) is 0 Å². The van der Waals surface area contributed by atoms with Crippen molar-refractivity contribution in [3.8, 4) is 0 Å². The number of hydrogen-bond donors (Lipinski definition) is 1. The van der Waals surface area contributed by atoms with Gasteiger partial charge in [-0.15, -0.1) is 11.6 Å². The molecule has 1 amide bonds. The van der Waals surface area contributed by atoms with Gasteiger partial charge in [-0.05, 0) is 40.8 Å². The minimum atomic E-state index is -0.0884. The van der Waals surface area contributed by atoms with E-state index in [4.69, 9.17) is 11.6 Å². The van der Waals surface area contributed by atoms with Crippen LogP contribution >= 0.6 is 27.5 Å². The summed E-state index contributed by atoms with van der Waals surface area (Å²) in [5.74, 6) is 0.315. The number of alkyl halides is 1. The van der Waals surface area contributed by atoms with E-state index in [1.807, 2.05) is 0 Å². The molecule has 1 N–H and O–H groups in total. The van der Waals surface area contributed by atoms with Crippen molar-refractivity contribution in [1.82, 2.24) is 10.3 Å². The Morgan fingerprint density at radius 2 is 2.35 bits per heavy atom. The Labute approximate surface area is 114 Å². The monoisotopic (exact) mass is 316 g/mol. The minimum Gasteiger partial charge on any atom is -0.352 e. The number of hydrogen-bond acceptors (Lipinski definition) is 2. The van der Waals surface area contributed by atoms with Gasteiger partial charge in [-0.3, -0.25) is 9.78 Å². The maximum atomic E-state index is 11.8. The van der Waals surface area contributed by atoms with Gasteiger partial charge in [-0.2, -0.15) is 0 Å². The normalized spacial score (nSPS) is 23.6. The van der Waals surface area contributed by atoms with Crippen LogP contribution in [0.4, 0.5) is 0 Å². The molecule has 3 nitrogen and oxygen atoms in total. The summed E-state index contributed by atoms with van der Waals surface area (Å²) in [7, 11) is 0. The van der Waals surface area contributed by atoms with Crippen molar-refractivity contribution in [2.45, 2.75) is 24.6 Å². The number of nitrogens with one attached hydrogen (secondary N) is 1. The lowest BCUT2D eigenvalue weighted by Crippen LogP contribution is -2.31. The summed E-state index contributed by atoms with van der Waals surface area (Å²) >= 11 is 9.46. The average molecular weight is 318 g/mol. The molecule has 1 aromatic rings. The predicted molar refractivity (Wildman–Crippen MR) is 71.3 cm³/mol. The summed E-state index contributed by atoms with van der Waals surface area (Å²) in [4.78, 5) is 15.8. The fourth-order valence-electron chi connectivity index (χ4n) is 2.08. The lowest BCUT2D eigenvalue weighted by Gasteiger charge is -2.14. The zero-order valence-corrected chi connectivity index (χ0v) is 11.7. The van der Waals surface area contributed by atoms with Gasteiger partial charge in [0.15, 0.2) is 0 Å². The maximum absolute atomic E-state index is 11.8. The van der Waals surface area contributed by atoms with Gasteiger partial charge in [0.2, 0.25) is 0 Å². The smallest absolute Gasteiger partial charge is 0.252 e. The van der Waals surface area contributed by atoms with Crippen molar-refractivity contribution in [1.29, 1.82) is 0 Å². The van der Waals surface area contributed by atoms with E-state index in [2.05, 4.69) is 26.2 Å². The number of rotatable bonds is 3. The van der Waals surface area contributed by atoms with Crippen LogP contribution in [0.5, 0.6) is 0 Å². The summed E-state index contributed by atoms with van der Waals surface area (Å²) in [5, 5.41) is 3.12. The third kappa shape index (κ3) is 3.42. The average Bonchev–Trinajstić information content (AvgIpc) is 2.72. The first-order valence-corrected chi connectivity index (χ1v) is 6.92. The lowest BCUT2D eigenvalue weighted by molar-refractivity contribution is 0.0947. The highest BCUT2D eigenvalue weighted by Gasteiger charge is 2.25. The molecule has 0 aromatic carbocycles. The highest BCUT2D eigenvalue weighted by Crippen LogP contribution is 2.29. The number of amides is 1. The van der Waals surface area contributed by atoms with Crippen LogP contribution in [-0.4, -0.2) is 22.8 Å². The number of halogens is 2. The number of pyridine rings is 1. The SMILES string of the molecule is O=C(NCC1CCCC1Cl)c1cncc(Br)c1. The Kier molecular flexibility index (Phi) is 4.40. The Hall–Kier alpha value is -0.610. The van der Waals surface area contributed by atoms with Crippen molar-refractivity contribution in [3.05, 3.63) is 28.5 Å². The standard InChI is InChI=1S/C12H14BrClN2O/c13-10-4-9(5-15-7-10)12(17)16-6-8-2-1-3-11(8)14/h4-5,7-8,11H,1-3,6H2,(H,16,17). The van der Waals surface area contributed by atoms with E-state index < -0.39 is 0 Å². The molecule has 2 unspecified atom stereocenters. The molecule has 5 heteroatoms. The highest BCUT2D eigenvalue weighted by molar-refractivity contribution is 9.10. The number of aromatic nitrogens is 1. The van der Waals surface area contributed by atoms with E-state index in [0.29, 0.717) is 18.0 Å². The van der Waals surface area contributed by atoms with Crippen LogP contribution in [0.1, 0.15) is 29.6 Å². The number of carbonyl (C=O) groups excluding carboxylic acids is 1. The van der Waals surface area contributed by atoms with Gasteiger partial charge in [0.25, 0.3) is 5.91 Å². The zero-order chi connectivity index (χ0) is 12.3. The highest BCUT2D eigenvalue weighted by atomic mass is 79.9. The second-order valence-electron chi connectivity index (χ2n) is 4.31. The van der Waals surface area contributed by atoms with Crippen molar-refractivity contribution in [2.75, 3.05) is 6.54 Å². The first kappa shape index (κ1) is 12.8. The molecule has 0 aliphatic heterocycles. The third-order valence-corrected chi connectivity index (χ3v) is 4.07. The summed E-state index contributed by atoms with van der Waals surface area (Å²) in [6.07, 6.45) is 6.54. The van der Waals surface area contributed by atoms with Crippen molar-refractivity contribution in [3.63, 3.8) is 0 Å². The van der Waals surface area contributed by atoms with Gasteiger partial charge in [0, 0.05) is 28.8 Å².